The van der Waals surface area contributed by atoms with Crippen molar-refractivity contribution in [3.8, 4) is 0 Å². The van der Waals surface area contributed by atoms with Gasteiger partial charge in [0.2, 0.25) is 12.3 Å². The molecule has 7 nitrogen and oxygen atoms in total. The lowest BCUT2D eigenvalue weighted by Crippen LogP contribution is -2.43. The molecule has 0 spiro atoms. The van der Waals surface area contributed by atoms with Crippen LogP contribution in [0.1, 0.15) is 53.3 Å². The topological polar surface area (TPSA) is 95.6 Å². The molecule has 2 aliphatic rings. The lowest BCUT2D eigenvalue weighted by atomic mass is 9.91. The number of nitrogens with zero attached hydrogens (tertiary/aromatic N) is 1. The summed E-state index contributed by atoms with van der Waals surface area (Å²) in [5, 5.41) is 0. The van der Waals surface area contributed by atoms with Crippen molar-refractivity contribution in [1.29, 1.82) is 0 Å². The van der Waals surface area contributed by atoms with E-state index in [1.165, 1.54) is 4.90 Å². The van der Waals surface area contributed by atoms with Gasteiger partial charge in [0.25, 0.3) is 11.8 Å². The Kier molecular flexibility index (Phi) is 5.46. The summed E-state index contributed by atoms with van der Waals surface area (Å²) in [6, 6.07) is 7.21. The number of hydrazine groups is 1. The van der Waals surface area contributed by atoms with Gasteiger partial charge in [-0.05, 0) is 31.4 Å². The van der Waals surface area contributed by atoms with Crippen molar-refractivity contribution in [2.75, 3.05) is 0 Å². The first-order valence-electron chi connectivity index (χ1n) is 7.55. The monoisotopic (exact) mass is 317 g/mol. The summed E-state index contributed by atoms with van der Waals surface area (Å²) in [4.78, 5) is 45.1. The second-order valence-electron chi connectivity index (χ2n) is 5.27. The van der Waals surface area contributed by atoms with E-state index < -0.39 is 0 Å². The zero-order valence-corrected chi connectivity index (χ0v) is 12.9. The number of hydrogen-bond donors (Lipinski definition) is 2. The number of nitrogens with one attached hydrogen (secondary N) is 2. The standard InChI is InChI=1S/C12H11NO2.C4H8N2O2/c14-11-9-6-1-2-7-10(9)12(15)13(11)8-4-3-5-8;1-2-4(8)6-5-3-7/h1-2,6-8H,3-5H2;3H,2H2,1H3,(H,5,7)(H,6,8). The first-order valence-corrected chi connectivity index (χ1v) is 7.55. The minimum atomic E-state index is -0.197. The Morgan fingerprint density at radius 3 is 2.17 bits per heavy atom. The van der Waals surface area contributed by atoms with Crippen molar-refractivity contribution in [3.63, 3.8) is 0 Å². The molecule has 0 unspecified atom stereocenters. The van der Waals surface area contributed by atoms with Crippen molar-refractivity contribution < 1.29 is 19.2 Å². The van der Waals surface area contributed by atoms with Gasteiger partial charge in [-0.25, -0.2) is 0 Å². The summed E-state index contributed by atoms with van der Waals surface area (Å²) in [6.45, 7) is 1.70. The highest BCUT2D eigenvalue weighted by Crippen LogP contribution is 2.32. The van der Waals surface area contributed by atoms with Crippen LogP contribution in [0.15, 0.2) is 24.3 Å². The molecule has 3 rings (SSSR count). The number of rotatable bonds is 4. The van der Waals surface area contributed by atoms with Crippen molar-refractivity contribution in [1.82, 2.24) is 15.8 Å². The molecule has 2 N–H and O–H groups in total. The average molecular weight is 317 g/mol. The molecule has 1 heterocycles. The number of amides is 4. The Morgan fingerprint density at radius 1 is 1.22 bits per heavy atom. The van der Waals surface area contributed by atoms with E-state index in [9.17, 15) is 19.2 Å². The predicted octanol–water partition coefficient (Wildman–Crippen LogP) is 1.01. The summed E-state index contributed by atoms with van der Waals surface area (Å²) < 4.78 is 0. The van der Waals surface area contributed by atoms with E-state index in [2.05, 4.69) is 5.43 Å². The van der Waals surface area contributed by atoms with Gasteiger partial charge in [0.15, 0.2) is 0 Å². The Hall–Kier alpha value is -2.70. The average Bonchev–Trinajstić information content (AvgIpc) is 2.77. The zero-order chi connectivity index (χ0) is 16.8. The van der Waals surface area contributed by atoms with E-state index >= 15 is 0 Å². The van der Waals surface area contributed by atoms with Crippen LogP contribution in [0.2, 0.25) is 0 Å². The zero-order valence-electron chi connectivity index (χ0n) is 12.9. The highest BCUT2D eigenvalue weighted by molar-refractivity contribution is 6.21. The Bertz CT molecular complexity index is 591. The van der Waals surface area contributed by atoms with E-state index in [1.807, 2.05) is 5.43 Å². The highest BCUT2D eigenvalue weighted by atomic mass is 16.2. The molecule has 0 bridgehead atoms. The first-order chi connectivity index (χ1) is 11.1. The SMILES string of the molecule is CCC(=O)NNC=O.O=C1c2ccccc2C(=O)N1C1CCC1. The molecule has 7 heteroatoms. The number of hydrogen-bond acceptors (Lipinski definition) is 4. The van der Waals surface area contributed by atoms with Gasteiger partial charge in [-0.2, -0.15) is 0 Å². The second kappa shape index (κ2) is 7.53. The smallest absolute Gasteiger partial charge is 0.261 e. The third kappa shape index (κ3) is 3.56. The molecule has 0 aromatic heterocycles. The summed E-state index contributed by atoms with van der Waals surface area (Å²) in [5.74, 6) is -0.419. The van der Waals surface area contributed by atoms with Gasteiger partial charge in [-0.1, -0.05) is 19.1 Å². The molecule has 122 valence electrons. The molecule has 0 atom stereocenters. The molecule has 1 fully saturated rings. The summed E-state index contributed by atoms with van der Waals surface area (Å²) >= 11 is 0. The molecule has 23 heavy (non-hydrogen) atoms. The molecule has 1 saturated carbocycles. The van der Waals surface area contributed by atoms with E-state index in [0.717, 1.165) is 19.3 Å². The fourth-order valence-corrected chi connectivity index (χ4v) is 2.38. The molecule has 4 amide bonds. The first kappa shape index (κ1) is 16.7. The predicted molar refractivity (Wildman–Crippen MR) is 82.2 cm³/mol. The van der Waals surface area contributed by atoms with Gasteiger partial charge in [0, 0.05) is 12.5 Å². The number of carbonyl (C=O) groups is 4. The van der Waals surface area contributed by atoms with Crippen LogP contribution in [0.25, 0.3) is 0 Å². The maximum Gasteiger partial charge on any atom is 0.261 e. The summed E-state index contributed by atoms with van der Waals surface area (Å²) in [6.07, 6.45) is 3.84. The van der Waals surface area contributed by atoms with Crippen LogP contribution in [-0.2, 0) is 9.59 Å². The van der Waals surface area contributed by atoms with Gasteiger partial charge >= 0.3 is 0 Å². The number of imide groups is 1. The van der Waals surface area contributed by atoms with E-state index in [-0.39, 0.29) is 23.8 Å². The van der Waals surface area contributed by atoms with Crippen LogP contribution in [0.5, 0.6) is 0 Å². The van der Waals surface area contributed by atoms with Crippen molar-refractivity contribution in [2.24, 2.45) is 0 Å². The van der Waals surface area contributed by atoms with Gasteiger partial charge < -0.3 is 0 Å². The Labute approximate surface area is 134 Å². The molecule has 0 saturated heterocycles. The lowest BCUT2D eigenvalue weighted by molar-refractivity contribution is -0.124. The molecule has 0 radical (unpaired) electrons. The molecular formula is C16H19N3O4. The summed E-state index contributed by atoms with van der Waals surface area (Å²) in [5.41, 5.74) is 5.27. The van der Waals surface area contributed by atoms with Gasteiger partial charge in [0.05, 0.1) is 11.1 Å². The van der Waals surface area contributed by atoms with E-state index in [4.69, 9.17) is 0 Å². The van der Waals surface area contributed by atoms with Crippen molar-refractivity contribution >= 4 is 24.1 Å². The maximum absolute atomic E-state index is 11.9. The largest absolute Gasteiger partial charge is 0.277 e. The molecule has 1 aromatic rings. The Balaban J connectivity index is 0.000000207. The third-order valence-corrected chi connectivity index (χ3v) is 3.86. The maximum atomic E-state index is 11.9. The number of fused-ring (bicyclic) bond motifs is 1. The molecular weight excluding hydrogens is 298 g/mol. The van der Waals surface area contributed by atoms with Crippen molar-refractivity contribution in [3.05, 3.63) is 35.4 Å². The van der Waals surface area contributed by atoms with Gasteiger partial charge in [-0.15, -0.1) is 0 Å². The minimum Gasteiger partial charge on any atom is -0.277 e. The number of benzene rings is 1. The van der Waals surface area contributed by atoms with Crippen LogP contribution in [-0.4, -0.2) is 35.1 Å². The van der Waals surface area contributed by atoms with Crippen LogP contribution in [0, 0.1) is 0 Å². The van der Waals surface area contributed by atoms with E-state index in [1.54, 1.807) is 31.2 Å². The van der Waals surface area contributed by atoms with E-state index in [0.29, 0.717) is 24.0 Å². The fraction of sp³-hybridized carbons (Fsp3) is 0.375. The summed E-state index contributed by atoms with van der Waals surface area (Å²) in [7, 11) is 0. The van der Waals surface area contributed by atoms with Crippen LogP contribution in [0.3, 0.4) is 0 Å². The number of carbonyl (C=O) groups excluding carboxylic acids is 4. The van der Waals surface area contributed by atoms with Crippen LogP contribution < -0.4 is 10.9 Å². The Morgan fingerprint density at radius 2 is 1.78 bits per heavy atom. The fourth-order valence-electron chi connectivity index (χ4n) is 2.38. The molecule has 1 aliphatic carbocycles. The van der Waals surface area contributed by atoms with Gasteiger partial charge in [-0.3, -0.25) is 34.9 Å². The normalized spacial score (nSPS) is 16.0. The molecule has 1 aromatic carbocycles. The minimum absolute atomic E-state index is 0.111. The van der Waals surface area contributed by atoms with Gasteiger partial charge in [0.1, 0.15) is 0 Å². The third-order valence-electron chi connectivity index (χ3n) is 3.86. The second-order valence-corrected chi connectivity index (χ2v) is 5.27. The molecule has 1 aliphatic heterocycles. The van der Waals surface area contributed by atoms with Crippen molar-refractivity contribution in [2.45, 2.75) is 38.6 Å². The highest BCUT2D eigenvalue weighted by Gasteiger charge is 2.41. The van der Waals surface area contributed by atoms with Crippen LogP contribution in [0.4, 0.5) is 0 Å². The lowest BCUT2D eigenvalue weighted by Gasteiger charge is -2.32. The quantitative estimate of drug-likeness (QED) is 0.492. The van der Waals surface area contributed by atoms with Crippen LogP contribution >= 0.6 is 0 Å².